The summed E-state index contributed by atoms with van der Waals surface area (Å²) >= 11 is 0. The van der Waals surface area contributed by atoms with Gasteiger partial charge in [-0.25, -0.2) is 0 Å². The Hall–Kier alpha value is -0.280. The maximum atomic E-state index is 11.7. The molecular formula is C10H19ClN2O. The molecule has 1 atom stereocenters. The first-order chi connectivity index (χ1) is 6.27. The molecule has 14 heavy (non-hydrogen) atoms. The van der Waals surface area contributed by atoms with Gasteiger partial charge in [-0.15, -0.1) is 12.4 Å². The number of hydrogen-bond acceptors (Lipinski definition) is 2. The number of carbonyl (C=O) groups is 1. The van der Waals surface area contributed by atoms with Crippen LogP contribution in [-0.4, -0.2) is 37.0 Å². The molecule has 1 aliphatic heterocycles. The van der Waals surface area contributed by atoms with E-state index < -0.39 is 0 Å². The van der Waals surface area contributed by atoms with Gasteiger partial charge in [0.15, 0.2) is 0 Å². The summed E-state index contributed by atoms with van der Waals surface area (Å²) in [7, 11) is 1.95. The highest BCUT2D eigenvalue weighted by Crippen LogP contribution is 2.33. The van der Waals surface area contributed by atoms with Crippen molar-refractivity contribution < 1.29 is 4.79 Å². The van der Waals surface area contributed by atoms with Crippen LogP contribution in [0.2, 0.25) is 0 Å². The topological polar surface area (TPSA) is 32.3 Å². The van der Waals surface area contributed by atoms with Crippen LogP contribution < -0.4 is 5.32 Å². The van der Waals surface area contributed by atoms with Crippen molar-refractivity contribution in [2.75, 3.05) is 20.1 Å². The van der Waals surface area contributed by atoms with Crippen LogP contribution in [0.3, 0.4) is 0 Å². The zero-order valence-electron chi connectivity index (χ0n) is 8.66. The van der Waals surface area contributed by atoms with Crippen molar-refractivity contribution in [3.05, 3.63) is 0 Å². The van der Waals surface area contributed by atoms with Crippen molar-refractivity contribution in [2.45, 2.75) is 31.7 Å². The third kappa shape index (κ3) is 2.85. The first-order valence-electron chi connectivity index (χ1n) is 5.24. The summed E-state index contributed by atoms with van der Waals surface area (Å²) < 4.78 is 0. The van der Waals surface area contributed by atoms with Crippen LogP contribution in [-0.2, 0) is 4.79 Å². The molecule has 1 heterocycles. The summed E-state index contributed by atoms with van der Waals surface area (Å²) in [6, 6.07) is 0.450. The molecule has 4 heteroatoms. The molecule has 2 aliphatic rings. The van der Waals surface area contributed by atoms with Gasteiger partial charge in [0.1, 0.15) is 0 Å². The minimum Gasteiger partial charge on any atom is -0.341 e. The lowest BCUT2D eigenvalue weighted by Gasteiger charge is -2.23. The second kappa shape index (κ2) is 4.99. The van der Waals surface area contributed by atoms with E-state index >= 15 is 0 Å². The molecule has 0 aromatic rings. The van der Waals surface area contributed by atoms with Gasteiger partial charge in [-0.2, -0.15) is 0 Å². The first kappa shape index (κ1) is 11.8. The van der Waals surface area contributed by atoms with Crippen molar-refractivity contribution in [3.63, 3.8) is 0 Å². The average Bonchev–Trinajstić information content (AvgIpc) is 2.78. The highest BCUT2D eigenvalue weighted by Gasteiger charge is 2.29. The SMILES string of the molecule is CN(C(=O)CC1CC1)C1CCNC1.Cl. The van der Waals surface area contributed by atoms with E-state index in [1.54, 1.807) is 0 Å². The Morgan fingerprint density at radius 2 is 2.14 bits per heavy atom. The number of amides is 1. The Bertz CT molecular complexity index is 200. The molecule has 1 saturated heterocycles. The second-order valence-electron chi connectivity index (χ2n) is 4.30. The summed E-state index contributed by atoms with van der Waals surface area (Å²) in [5.74, 6) is 1.06. The van der Waals surface area contributed by atoms with Gasteiger partial charge in [0.2, 0.25) is 5.91 Å². The Morgan fingerprint density at radius 3 is 2.64 bits per heavy atom. The lowest BCUT2D eigenvalue weighted by Crippen LogP contribution is -2.38. The number of rotatable bonds is 3. The number of likely N-dealkylation sites (N-methyl/N-ethyl adjacent to an activating group) is 1. The lowest BCUT2D eigenvalue weighted by molar-refractivity contribution is -0.132. The lowest BCUT2D eigenvalue weighted by atomic mass is 10.2. The maximum Gasteiger partial charge on any atom is 0.222 e. The van der Waals surface area contributed by atoms with Crippen LogP contribution in [0.25, 0.3) is 0 Å². The maximum absolute atomic E-state index is 11.7. The fourth-order valence-electron chi connectivity index (χ4n) is 1.89. The van der Waals surface area contributed by atoms with Gasteiger partial charge < -0.3 is 10.2 Å². The van der Waals surface area contributed by atoms with Crippen LogP contribution in [0, 0.1) is 5.92 Å². The fourth-order valence-corrected chi connectivity index (χ4v) is 1.89. The van der Waals surface area contributed by atoms with Crippen LogP contribution in [0.4, 0.5) is 0 Å². The number of halogens is 1. The molecular weight excluding hydrogens is 200 g/mol. The summed E-state index contributed by atoms with van der Waals surface area (Å²) in [5, 5.41) is 3.28. The van der Waals surface area contributed by atoms with Crippen LogP contribution in [0.15, 0.2) is 0 Å². The monoisotopic (exact) mass is 218 g/mol. The summed E-state index contributed by atoms with van der Waals surface area (Å²) in [6.45, 7) is 2.04. The largest absolute Gasteiger partial charge is 0.341 e. The third-order valence-electron chi connectivity index (χ3n) is 3.14. The molecule has 0 aromatic carbocycles. The zero-order chi connectivity index (χ0) is 9.26. The molecule has 82 valence electrons. The van der Waals surface area contributed by atoms with Crippen LogP contribution in [0.5, 0.6) is 0 Å². The Morgan fingerprint density at radius 1 is 1.43 bits per heavy atom. The van der Waals surface area contributed by atoms with Gasteiger partial charge in [0, 0.05) is 26.1 Å². The molecule has 2 fully saturated rings. The number of hydrogen-bond donors (Lipinski definition) is 1. The van der Waals surface area contributed by atoms with Gasteiger partial charge in [0.25, 0.3) is 0 Å². The molecule has 0 bridgehead atoms. The third-order valence-corrected chi connectivity index (χ3v) is 3.14. The van der Waals surface area contributed by atoms with Gasteiger partial charge in [-0.1, -0.05) is 0 Å². The van der Waals surface area contributed by atoms with Crippen molar-refractivity contribution in [3.8, 4) is 0 Å². The van der Waals surface area contributed by atoms with Crippen molar-refractivity contribution >= 4 is 18.3 Å². The van der Waals surface area contributed by atoms with Gasteiger partial charge in [0.05, 0.1) is 0 Å². The molecule has 1 N–H and O–H groups in total. The molecule has 1 aliphatic carbocycles. The number of carbonyl (C=O) groups excluding carboxylic acids is 1. The highest BCUT2D eigenvalue weighted by molar-refractivity contribution is 5.85. The van der Waals surface area contributed by atoms with E-state index in [0.29, 0.717) is 17.9 Å². The van der Waals surface area contributed by atoms with E-state index in [2.05, 4.69) is 5.32 Å². The first-order valence-corrected chi connectivity index (χ1v) is 5.24. The molecule has 3 nitrogen and oxygen atoms in total. The second-order valence-corrected chi connectivity index (χ2v) is 4.30. The average molecular weight is 219 g/mol. The van der Waals surface area contributed by atoms with Crippen LogP contribution in [0.1, 0.15) is 25.7 Å². The van der Waals surface area contributed by atoms with E-state index in [1.807, 2.05) is 11.9 Å². The van der Waals surface area contributed by atoms with E-state index in [4.69, 9.17) is 0 Å². The van der Waals surface area contributed by atoms with E-state index in [1.165, 1.54) is 12.8 Å². The smallest absolute Gasteiger partial charge is 0.222 e. The van der Waals surface area contributed by atoms with Gasteiger partial charge >= 0.3 is 0 Å². The summed E-state index contributed by atoms with van der Waals surface area (Å²) in [6.07, 6.45) is 4.44. The van der Waals surface area contributed by atoms with E-state index in [0.717, 1.165) is 25.9 Å². The highest BCUT2D eigenvalue weighted by atomic mass is 35.5. The van der Waals surface area contributed by atoms with E-state index in [9.17, 15) is 4.79 Å². The minimum atomic E-state index is 0. The molecule has 2 rings (SSSR count). The number of nitrogens with zero attached hydrogens (tertiary/aromatic N) is 1. The Labute approximate surface area is 91.6 Å². The number of nitrogens with one attached hydrogen (secondary N) is 1. The summed E-state index contributed by atoms with van der Waals surface area (Å²) in [4.78, 5) is 13.6. The van der Waals surface area contributed by atoms with Crippen molar-refractivity contribution in [1.82, 2.24) is 10.2 Å². The van der Waals surface area contributed by atoms with E-state index in [-0.39, 0.29) is 12.4 Å². The molecule has 0 aromatic heterocycles. The van der Waals surface area contributed by atoms with Gasteiger partial charge in [-0.05, 0) is 31.7 Å². The Balaban J connectivity index is 0.000000980. The van der Waals surface area contributed by atoms with Crippen molar-refractivity contribution in [2.24, 2.45) is 5.92 Å². The molecule has 0 spiro atoms. The predicted octanol–water partition coefficient (Wildman–Crippen LogP) is 1.03. The predicted molar refractivity (Wildman–Crippen MR) is 58.6 cm³/mol. The Kier molecular flexibility index (Phi) is 4.20. The van der Waals surface area contributed by atoms with Crippen LogP contribution >= 0.6 is 12.4 Å². The normalized spacial score (nSPS) is 25.6. The minimum absolute atomic E-state index is 0. The van der Waals surface area contributed by atoms with Crippen molar-refractivity contribution in [1.29, 1.82) is 0 Å². The van der Waals surface area contributed by atoms with Gasteiger partial charge in [-0.3, -0.25) is 4.79 Å². The molecule has 1 amide bonds. The fraction of sp³-hybridized carbons (Fsp3) is 0.900. The quantitative estimate of drug-likeness (QED) is 0.768. The molecule has 1 saturated carbocycles. The summed E-state index contributed by atoms with van der Waals surface area (Å²) in [5.41, 5.74) is 0. The zero-order valence-corrected chi connectivity index (χ0v) is 9.48. The standard InChI is InChI=1S/C10H18N2O.ClH/c1-12(9-4-5-11-7-9)10(13)6-8-2-3-8;/h8-9,11H,2-7H2,1H3;1H. The molecule has 0 radical (unpaired) electrons. The molecule has 1 unspecified atom stereocenters.